The predicted molar refractivity (Wildman–Crippen MR) is 77.4 cm³/mol. The lowest BCUT2D eigenvalue weighted by Crippen LogP contribution is -2.37. The smallest absolute Gasteiger partial charge is 0.124 e. The molecule has 0 fully saturated rings. The van der Waals surface area contributed by atoms with Gasteiger partial charge >= 0.3 is 0 Å². The Bertz CT molecular complexity index is 610. The third kappa shape index (κ3) is 3.40. The Kier molecular flexibility index (Phi) is 4.93. The summed E-state index contributed by atoms with van der Waals surface area (Å²) >= 11 is 6.00. The Labute approximate surface area is 126 Å². The third-order valence-electron chi connectivity index (χ3n) is 3.61. The molecule has 0 radical (unpaired) electrons. The van der Waals surface area contributed by atoms with Crippen molar-refractivity contribution in [1.82, 2.24) is 0 Å². The van der Waals surface area contributed by atoms with Gasteiger partial charge in [0.05, 0.1) is 13.2 Å². The molecule has 2 aromatic carbocycles. The lowest BCUT2D eigenvalue weighted by atomic mass is 9.77. The van der Waals surface area contributed by atoms with Crippen molar-refractivity contribution in [2.45, 2.75) is 11.8 Å². The highest BCUT2D eigenvalue weighted by atomic mass is 35.5. The molecule has 2 rings (SSSR count). The van der Waals surface area contributed by atoms with Crippen LogP contribution in [0, 0.1) is 11.6 Å². The molecule has 0 spiro atoms. The molecule has 0 aliphatic rings. The minimum absolute atomic E-state index is 0.213. The number of aliphatic hydroxyl groups is 2. The largest absolute Gasteiger partial charge is 0.395 e. The summed E-state index contributed by atoms with van der Waals surface area (Å²) in [5, 5.41) is 19.7. The highest BCUT2D eigenvalue weighted by molar-refractivity contribution is 6.31. The molecule has 0 aliphatic heterocycles. The van der Waals surface area contributed by atoms with Crippen LogP contribution in [0.1, 0.15) is 11.1 Å². The summed E-state index contributed by atoms with van der Waals surface area (Å²) in [5.41, 5.74) is 0.189. The van der Waals surface area contributed by atoms with E-state index in [9.17, 15) is 19.0 Å². The van der Waals surface area contributed by atoms with Gasteiger partial charge < -0.3 is 10.2 Å². The van der Waals surface area contributed by atoms with Gasteiger partial charge in [-0.2, -0.15) is 0 Å². The Morgan fingerprint density at radius 2 is 1.48 bits per heavy atom. The monoisotopic (exact) mass is 312 g/mol. The summed E-state index contributed by atoms with van der Waals surface area (Å²) in [7, 11) is 0. The van der Waals surface area contributed by atoms with E-state index >= 15 is 0 Å². The summed E-state index contributed by atoms with van der Waals surface area (Å²) in [6, 6.07) is 9.52. The van der Waals surface area contributed by atoms with Gasteiger partial charge in [-0.1, -0.05) is 29.8 Å². The predicted octanol–water partition coefficient (Wildman–Crippen LogP) is 3.08. The van der Waals surface area contributed by atoms with Gasteiger partial charge in [0.1, 0.15) is 11.6 Å². The lowest BCUT2D eigenvalue weighted by Gasteiger charge is -2.31. The van der Waals surface area contributed by atoms with Crippen LogP contribution in [0.15, 0.2) is 42.5 Å². The molecule has 0 amide bonds. The molecule has 0 unspecified atom stereocenters. The Hall–Kier alpha value is -1.49. The molecular formula is C16H15ClF2O2. The molecule has 2 aromatic rings. The van der Waals surface area contributed by atoms with Crippen molar-refractivity contribution in [1.29, 1.82) is 0 Å². The highest BCUT2D eigenvalue weighted by Gasteiger charge is 2.32. The fourth-order valence-electron chi connectivity index (χ4n) is 2.28. The normalized spacial score (nSPS) is 11.7. The van der Waals surface area contributed by atoms with Gasteiger partial charge in [0.2, 0.25) is 0 Å². The van der Waals surface area contributed by atoms with E-state index in [1.165, 1.54) is 42.5 Å². The number of halogens is 3. The zero-order valence-corrected chi connectivity index (χ0v) is 11.9. The fourth-order valence-corrected chi connectivity index (χ4v) is 2.51. The fraction of sp³-hybridized carbons (Fsp3) is 0.250. The van der Waals surface area contributed by atoms with Crippen molar-refractivity contribution < 1.29 is 19.0 Å². The van der Waals surface area contributed by atoms with Crippen molar-refractivity contribution in [3.63, 3.8) is 0 Å². The van der Waals surface area contributed by atoms with E-state index in [0.29, 0.717) is 11.1 Å². The molecule has 5 heteroatoms. The zero-order chi connectivity index (χ0) is 15.5. The van der Waals surface area contributed by atoms with Crippen LogP contribution in [0.25, 0.3) is 0 Å². The molecule has 0 bridgehead atoms. The maximum Gasteiger partial charge on any atom is 0.124 e. The summed E-state index contributed by atoms with van der Waals surface area (Å²) < 4.78 is 26.1. The van der Waals surface area contributed by atoms with E-state index in [0.717, 1.165) is 0 Å². The highest BCUT2D eigenvalue weighted by Crippen LogP contribution is 2.31. The van der Waals surface area contributed by atoms with Gasteiger partial charge in [-0.05, 0) is 41.8 Å². The Balaban J connectivity index is 2.40. The molecule has 2 N–H and O–H groups in total. The van der Waals surface area contributed by atoms with E-state index < -0.39 is 17.0 Å². The molecular weight excluding hydrogens is 298 g/mol. The summed E-state index contributed by atoms with van der Waals surface area (Å²) in [6.45, 7) is -0.689. The molecule has 2 nitrogen and oxygen atoms in total. The van der Waals surface area contributed by atoms with Gasteiger partial charge in [-0.25, -0.2) is 8.78 Å². The molecule has 0 aliphatic carbocycles. The number of hydrogen-bond donors (Lipinski definition) is 2. The molecule has 0 saturated carbocycles. The summed E-state index contributed by atoms with van der Waals surface area (Å²) in [4.78, 5) is 0. The summed E-state index contributed by atoms with van der Waals surface area (Å²) in [6.07, 6.45) is 0.213. The quantitative estimate of drug-likeness (QED) is 0.891. The number of rotatable bonds is 5. The van der Waals surface area contributed by atoms with E-state index in [2.05, 4.69) is 0 Å². The Morgan fingerprint density at radius 3 is 2.00 bits per heavy atom. The van der Waals surface area contributed by atoms with E-state index in [1.54, 1.807) is 0 Å². The topological polar surface area (TPSA) is 40.5 Å². The first-order valence-corrected chi connectivity index (χ1v) is 6.80. The van der Waals surface area contributed by atoms with Crippen LogP contribution < -0.4 is 0 Å². The lowest BCUT2D eigenvalue weighted by molar-refractivity contribution is 0.116. The van der Waals surface area contributed by atoms with Gasteiger partial charge in [0.15, 0.2) is 0 Å². The average molecular weight is 313 g/mol. The first-order chi connectivity index (χ1) is 10.0. The van der Waals surface area contributed by atoms with Gasteiger partial charge in [0, 0.05) is 10.4 Å². The van der Waals surface area contributed by atoms with Gasteiger partial charge in [0.25, 0.3) is 0 Å². The van der Waals surface area contributed by atoms with Crippen molar-refractivity contribution in [3.8, 4) is 0 Å². The minimum atomic E-state index is -1.00. The van der Waals surface area contributed by atoms with Crippen molar-refractivity contribution in [2.75, 3.05) is 13.2 Å². The van der Waals surface area contributed by atoms with Crippen molar-refractivity contribution in [2.24, 2.45) is 0 Å². The van der Waals surface area contributed by atoms with Crippen LogP contribution in [0.4, 0.5) is 8.78 Å². The molecule has 0 heterocycles. The second-order valence-corrected chi connectivity index (χ2v) is 5.42. The van der Waals surface area contributed by atoms with Crippen LogP contribution in [-0.4, -0.2) is 23.4 Å². The van der Waals surface area contributed by atoms with Crippen LogP contribution in [0.3, 0.4) is 0 Å². The summed E-state index contributed by atoms with van der Waals surface area (Å²) in [5.74, 6) is -0.854. The van der Waals surface area contributed by atoms with E-state index in [-0.39, 0.29) is 24.7 Å². The van der Waals surface area contributed by atoms with Gasteiger partial charge in [-0.15, -0.1) is 0 Å². The van der Waals surface area contributed by atoms with Crippen LogP contribution in [0.5, 0.6) is 0 Å². The second kappa shape index (κ2) is 6.52. The first kappa shape index (κ1) is 15.9. The molecule has 0 atom stereocenters. The number of benzene rings is 2. The maximum atomic E-state index is 13.1. The Morgan fingerprint density at radius 1 is 0.905 bits per heavy atom. The maximum absolute atomic E-state index is 13.1. The second-order valence-electron chi connectivity index (χ2n) is 5.02. The van der Waals surface area contributed by atoms with Crippen molar-refractivity contribution in [3.05, 3.63) is 70.2 Å². The first-order valence-electron chi connectivity index (χ1n) is 6.42. The standard InChI is InChI=1S/C16H15ClF2O2/c17-15-7-14(19)4-1-11(15)8-16(9-20,10-21)12-2-5-13(18)6-3-12/h1-7,20-21H,8-10H2. The van der Waals surface area contributed by atoms with Crippen LogP contribution in [-0.2, 0) is 11.8 Å². The number of aliphatic hydroxyl groups excluding tert-OH is 2. The minimum Gasteiger partial charge on any atom is -0.395 e. The average Bonchev–Trinajstić information content (AvgIpc) is 2.48. The molecule has 21 heavy (non-hydrogen) atoms. The molecule has 0 aromatic heterocycles. The third-order valence-corrected chi connectivity index (χ3v) is 3.96. The molecule has 0 saturated heterocycles. The van der Waals surface area contributed by atoms with E-state index in [4.69, 9.17) is 11.6 Å². The van der Waals surface area contributed by atoms with Crippen molar-refractivity contribution >= 4 is 11.6 Å². The van der Waals surface area contributed by atoms with Crippen LogP contribution in [0.2, 0.25) is 5.02 Å². The SMILES string of the molecule is OCC(CO)(Cc1ccc(F)cc1Cl)c1ccc(F)cc1. The van der Waals surface area contributed by atoms with Crippen LogP contribution >= 0.6 is 11.6 Å². The zero-order valence-electron chi connectivity index (χ0n) is 11.2. The number of hydrogen-bond acceptors (Lipinski definition) is 2. The van der Waals surface area contributed by atoms with E-state index in [1.807, 2.05) is 0 Å². The molecule has 112 valence electrons. The van der Waals surface area contributed by atoms with Gasteiger partial charge in [-0.3, -0.25) is 0 Å².